The molecule has 2 aromatic carbocycles. The first-order chi connectivity index (χ1) is 10.0. The number of rotatable bonds is 5. The Morgan fingerprint density at radius 3 is 2.38 bits per heavy atom. The van der Waals surface area contributed by atoms with Gasteiger partial charge in [0, 0.05) is 10.0 Å². The highest BCUT2D eigenvalue weighted by atomic mass is 35.5. The summed E-state index contributed by atoms with van der Waals surface area (Å²) in [7, 11) is 0. The van der Waals surface area contributed by atoms with Gasteiger partial charge in [0.2, 0.25) is 5.91 Å². The largest absolute Gasteiger partial charge is 0.493 e. The molecule has 0 aliphatic heterocycles. The number of anilines is 1. The van der Waals surface area contributed by atoms with E-state index in [1.807, 2.05) is 0 Å². The zero-order valence-electron chi connectivity index (χ0n) is 10.9. The molecule has 2 aromatic rings. The molecule has 0 atom stereocenters. The van der Waals surface area contributed by atoms with E-state index in [4.69, 9.17) is 39.5 Å². The number of amides is 1. The van der Waals surface area contributed by atoms with Gasteiger partial charge < -0.3 is 10.1 Å². The molecule has 0 unspecified atom stereocenters. The zero-order valence-corrected chi connectivity index (χ0v) is 13.2. The van der Waals surface area contributed by atoms with Gasteiger partial charge in [0.15, 0.2) is 0 Å². The van der Waals surface area contributed by atoms with Crippen LogP contribution in [0.1, 0.15) is 6.42 Å². The fraction of sp³-hybridized carbons (Fsp3) is 0.133. The quantitative estimate of drug-likeness (QED) is 0.824. The summed E-state index contributed by atoms with van der Waals surface area (Å²) in [6.45, 7) is 0.256. The van der Waals surface area contributed by atoms with Crippen LogP contribution in [-0.2, 0) is 4.79 Å². The van der Waals surface area contributed by atoms with Gasteiger partial charge in [-0.1, -0.05) is 34.8 Å². The van der Waals surface area contributed by atoms with Gasteiger partial charge in [0.1, 0.15) is 5.75 Å². The summed E-state index contributed by atoms with van der Waals surface area (Å²) < 4.78 is 5.44. The first-order valence-electron chi connectivity index (χ1n) is 6.18. The van der Waals surface area contributed by atoms with E-state index in [2.05, 4.69) is 5.32 Å². The number of nitrogens with one attached hydrogen (secondary N) is 1. The number of halogens is 3. The Kier molecular flexibility index (Phi) is 5.74. The summed E-state index contributed by atoms with van der Waals surface area (Å²) in [5.41, 5.74) is 0.487. The molecule has 0 radical (unpaired) electrons. The summed E-state index contributed by atoms with van der Waals surface area (Å²) in [5, 5.41) is 4.27. The van der Waals surface area contributed by atoms with E-state index in [0.717, 1.165) is 0 Å². The number of hydrogen-bond donors (Lipinski definition) is 1. The summed E-state index contributed by atoms with van der Waals surface area (Å²) in [6, 6.07) is 11.8. The van der Waals surface area contributed by atoms with E-state index in [-0.39, 0.29) is 18.9 Å². The summed E-state index contributed by atoms with van der Waals surface area (Å²) in [6.07, 6.45) is 0.200. The van der Waals surface area contributed by atoms with E-state index in [1.54, 1.807) is 42.5 Å². The van der Waals surface area contributed by atoms with E-state index in [9.17, 15) is 4.79 Å². The van der Waals surface area contributed by atoms with Crippen molar-refractivity contribution < 1.29 is 9.53 Å². The Bertz CT molecular complexity index is 629. The van der Waals surface area contributed by atoms with Gasteiger partial charge in [-0.15, -0.1) is 0 Å². The zero-order chi connectivity index (χ0) is 15.2. The minimum absolute atomic E-state index is 0.200. The van der Waals surface area contributed by atoms with Gasteiger partial charge in [-0.05, 0) is 42.5 Å². The predicted octanol–water partition coefficient (Wildman–Crippen LogP) is 5.05. The van der Waals surface area contributed by atoms with Crippen molar-refractivity contribution >= 4 is 46.4 Å². The Hall–Kier alpha value is -1.42. The minimum Gasteiger partial charge on any atom is -0.493 e. The third-order valence-electron chi connectivity index (χ3n) is 2.61. The molecule has 0 bridgehead atoms. The van der Waals surface area contributed by atoms with Gasteiger partial charge in [0.25, 0.3) is 0 Å². The van der Waals surface area contributed by atoms with Crippen LogP contribution in [0.15, 0.2) is 42.5 Å². The maximum absolute atomic E-state index is 11.8. The third kappa shape index (κ3) is 5.12. The molecule has 2 rings (SSSR count). The lowest BCUT2D eigenvalue weighted by molar-refractivity contribution is -0.116. The molecule has 21 heavy (non-hydrogen) atoms. The fourth-order valence-corrected chi connectivity index (χ4v) is 2.06. The first-order valence-corrected chi connectivity index (χ1v) is 7.31. The van der Waals surface area contributed by atoms with E-state index in [1.165, 1.54) is 0 Å². The molecule has 0 saturated heterocycles. The Morgan fingerprint density at radius 2 is 1.67 bits per heavy atom. The lowest BCUT2D eigenvalue weighted by Crippen LogP contribution is -2.15. The van der Waals surface area contributed by atoms with Crippen molar-refractivity contribution in [2.45, 2.75) is 6.42 Å². The van der Waals surface area contributed by atoms with Crippen LogP contribution in [0, 0.1) is 0 Å². The smallest absolute Gasteiger partial charge is 0.227 e. The van der Waals surface area contributed by atoms with Crippen LogP contribution in [0.2, 0.25) is 15.1 Å². The van der Waals surface area contributed by atoms with Crippen molar-refractivity contribution in [2.75, 3.05) is 11.9 Å². The molecule has 110 valence electrons. The molecule has 0 spiro atoms. The molecule has 1 N–H and O–H groups in total. The van der Waals surface area contributed by atoms with Gasteiger partial charge in [-0.25, -0.2) is 0 Å². The van der Waals surface area contributed by atoms with Crippen LogP contribution in [0.3, 0.4) is 0 Å². The molecule has 0 aliphatic carbocycles. The second kappa shape index (κ2) is 7.55. The highest BCUT2D eigenvalue weighted by Gasteiger charge is 2.07. The summed E-state index contributed by atoms with van der Waals surface area (Å²) in [5.74, 6) is 0.459. The van der Waals surface area contributed by atoms with Crippen molar-refractivity contribution in [2.24, 2.45) is 0 Å². The molecule has 3 nitrogen and oxygen atoms in total. The van der Waals surface area contributed by atoms with Crippen molar-refractivity contribution in [1.82, 2.24) is 0 Å². The average molecular weight is 345 g/mol. The van der Waals surface area contributed by atoms with E-state index >= 15 is 0 Å². The lowest BCUT2D eigenvalue weighted by atomic mass is 10.3. The highest BCUT2D eigenvalue weighted by Crippen LogP contribution is 2.25. The Balaban J connectivity index is 1.82. The van der Waals surface area contributed by atoms with E-state index in [0.29, 0.717) is 26.5 Å². The molecular weight excluding hydrogens is 333 g/mol. The van der Waals surface area contributed by atoms with Gasteiger partial charge in [-0.2, -0.15) is 0 Å². The molecule has 0 fully saturated rings. The lowest BCUT2D eigenvalue weighted by Gasteiger charge is -2.09. The fourth-order valence-electron chi connectivity index (χ4n) is 1.60. The number of ether oxygens (including phenoxy) is 1. The Morgan fingerprint density at radius 1 is 1.00 bits per heavy atom. The molecule has 0 heterocycles. The van der Waals surface area contributed by atoms with Crippen molar-refractivity contribution in [3.8, 4) is 5.75 Å². The number of benzene rings is 2. The standard InChI is InChI=1S/C15H12Cl3NO2/c16-10-1-4-12(5-2-10)21-8-7-15(20)19-14-9-11(17)3-6-13(14)18/h1-6,9H,7-8H2,(H,19,20). The molecular formula is C15H12Cl3NO2. The van der Waals surface area contributed by atoms with Gasteiger partial charge in [-0.3, -0.25) is 4.79 Å². The first kappa shape index (κ1) is 16.0. The number of carbonyl (C=O) groups excluding carboxylic acids is 1. The average Bonchev–Trinajstić information content (AvgIpc) is 2.45. The van der Waals surface area contributed by atoms with Crippen LogP contribution < -0.4 is 10.1 Å². The normalized spacial score (nSPS) is 10.2. The molecule has 0 aliphatic rings. The molecule has 0 saturated carbocycles. The van der Waals surface area contributed by atoms with Crippen LogP contribution in [0.25, 0.3) is 0 Å². The second-order valence-corrected chi connectivity index (χ2v) is 5.50. The monoisotopic (exact) mass is 343 g/mol. The minimum atomic E-state index is -0.201. The summed E-state index contributed by atoms with van der Waals surface area (Å²) in [4.78, 5) is 11.8. The highest BCUT2D eigenvalue weighted by molar-refractivity contribution is 6.35. The second-order valence-electron chi connectivity index (χ2n) is 4.22. The van der Waals surface area contributed by atoms with Crippen molar-refractivity contribution in [3.63, 3.8) is 0 Å². The Labute approximate surface area is 137 Å². The molecule has 1 amide bonds. The maximum atomic E-state index is 11.8. The molecule has 0 aromatic heterocycles. The van der Waals surface area contributed by atoms with Crippen LogP contribution in [0.5, 0.6) is 5.75 Å². The van der Waals surface area contributed by atoms with Crippen LogP contribution >= 0.6 is 34.8 Å². The van der Waals surface area contributed by atoms with Crippen molar-refractivity contribution in [1.29, 1.82) is 0 Å². The topological polar surface area (TPSA) is 38.3 Å². The number of carbonyl (C=O) groups is 1. The molecule has 6 heteroatoms. The van der Waals surface area contributed by atoms with Crippen LogP contribution in [-0.4, -0.2) is 12.5 Å². The SMILES string of the molecule is O=C(CCOc1ccc(Cl)cc1)Nc1cc(Cl)ccc1Cl. The maximum Gasteiger partial charge on any atom is 0.227 e. The van der Waals surface area contributed by atoms with Crippen molar-refractivity contribution in [3.05, 3.63) is 57.5 Å². The van der Waals surface area contributed by atoms with Gasteiger partial charge in [0.05, 0.1) is 23.7 Å². The summed E-state index contributed by atoms with van der Waals surface area (Å²) >= 11 is 17.6. The van der Waals surface area contributed by atoms with E-state index < -0.39 is 0 Å². The number of hydrogen-bond acceptors (Lipinski definition) is 2. The third-order valence-corrected chi connectivity index (χ3v) is 3.43. The van der Waals surface area contributed by atoms with Gasteiger partial charge >= 0.3 is 0 Å². The van der Waals surface area contributed by atoms with Crippen LogP contribution in [0.4, 0.5) is 5.69 Å². The predicted molar refractivity (Wildman–Crippen MR) is 86.7 cm³/mol.